The lowest BCUT2D eigenvalue weighted by molar-refractivity contribution is -0.115. The number of benzene rings is 2. The molecule has 1 aliphatic heterocycles. The van der Waals surface area contributed by atoms with E-state index < -0.39 is 0 Å². The Kier molecular flexibility index (Phi) is 4.04. The number of nitrogens with one attached hydrogen (secondary N) is 1. The van der Waals surface area contributed by atoms with Crippen molar-refractivity contribution in [2.45, 2.75) is 36.0 Å². The lowest BCUT2D eigenvalue weighted by Gasteiger charge is -2.27. The van der Waals surface area contributed by atoms with E-state index in [-0.39, 0.29) is 23.1 Å². The summed E-state index contributed by atoms with van der Waals surface area (Å²) in [5.41, 5.74) is 3.92. The number of fused-ring (bicyclic) bond motifs is 2. The Bertz CT molecular complexity index is 865. The summed E-state index contributed by atoms with van der Waals surface area (Å²) in [7, 11) is 1.87. The Morgan fingerprint density at radius 1 is 1.24 bits per heavy atom. The average molecular weight is 352 g/mol. The molecule has 2 amide bonds. The van der Waals surface area contributed by atoms with Gasteiger partial charge in [0.1, 0.15) is 0 Å². The van der Waals surface area contributed by atoms with Crippen molar-refractivity contribution in [3.63, 3.8) is 0 Å². The molecule has 4 rings (SSSR count). The molecule has 1 heterocycles. The summed E-state index contributed by atoms with van der Waals surface area (Å²) in [5, 5.41) is 2.79. The predicted molar refractivity (Wildman–Crippen MR) is 100.0 cm³/mol. The lowest BCUT2D eigenvalue weighted by atomic mass is 10.1. The summed E-state index contributed by atoms with van der Waals surface area (Å²) in [6.45, 7) is 1.88. The molecule has 0 spiro atoms. The standard InChI is InChI=1S/C20H20N2O2S/c1-12-19(23)21-16-11-14(8-10-18(16)25-12)20(24)22(2)17-9-7-13-5-3-4-6-15(13)17/h3-6,8,10-12,17H,7,9H2,1-2H3,(H,21,23)/t12-,17-/m1/s1. The third-order valence-electron chi connectivity index (χ3n) is 5.05. The van der Waals surface area contributed by atoms with Crippen LogP contribution in [0.1, 0.15) is 40.9 Å². The van der Waals surface area contributed by atoms with Crippen LogP contribution in [0.5, 0.6) is 0 Å². The van der Waals surface area contributed by atoms with Crippen molar-refractivity contribution in [2.75, 3.05) is 12.4 Å². The van der Waals surface area contributed by atoms with Crippen LogP contribution in [-0.2, 0) is 11.2 Å². The summed E-state index contributed by atoms with van der Waals surface area (Å²) < 4.78 is 0. The Labute approximate surface area is 151 Å². The molecule has 0 unspecified atom stereocenters. The molecule has 0 saturated heterocycles. The van der Waals surface area contributed by atoms with E-state index in [9.17, 15) is 9.59 Å². The second kappa shape index (κ2) is 6.23. The van der Waals surface area contributed by atoms with Crippen molar-refractivity contribution in [1.82, 2.24) is 4.90 Å². The van der Waals surface area contributed by atoms with Gasteiger partial charge in [-0.1, -0.05) is 24.3 Å². The van der Waals surface area contributed by atoms with E-state index in [4.69, 9.17) is 0 Å². The van der Waals surface area contributed by atoms with Gasteiger partial charge in [0.25, 0.3) is 5.91 Å². The summed E-state index contributed by atoms with van der Waals surface area (Å²) in [6.07, 6.45) is 1.96. The number of carbonyl (C=O) groups excluding carboxylic acids is 2. The van der Waals surface area contributed by atoms with Crippen molar-refractivity contribution < 1.29 is 9.59 Å². The number of anilines is 1. The Morgan fingerprint density at radius 2 is 2.04 bits per heavy atom. The van der Waals surface area contributed by atoms with E-state index in [2.05, 4.69) is 17.4 Å². The van der Waals surface area contributed by atoms with Gasteiger partial charge in [-0.2, -0.15) is 0 Å². The van der Waals surface area contributed by atoms with Gasteiger partial charge in [0, 0.05) is 17.5 Å². The Morgan fingerprint density at radius 3 is 2.88 bits per heavy atom. The van der Waals surface area contributed by atoms with E-state index in [1.54, 1.807) is 6.07 Å². The van der Waals surface area contributed by atoms with Crippen molar-refractivity contribution in [3.8, 4) is 0 Å². The molecule has 2 atom stereocenters. The minimum Gasteiger partial charge on any atom is -0.335 e. The van der Waals surface area contributed by atoms with E-state index in [0.717, 1.165) is 23.4 Å². The highest BCUT2D eigenvalue weighted by atomic mass is 32.2. The maximum Gasteiger partial charge on any atom is 0.254 e. The molecule has 0 aromatic heterocycles. The topological polar surface area (TPSA) is 49.4 Å². The zero-order chi connectivity index (χ0) is 17.6. The molecular weight excluding hydrogens is 332 g/mol. The van der Waals surface area contributed by atoms with E-state index in [0.29, 0.717) is 5.56 Å². The summed E-state index contributed by atoms with van der Waals surface area (Å²) >= 11 is 1.53. The first-order valence-electron chi connectivity index (χ1n) is 8.51. The molecule has 4 nitrogen and oxygen atoms in total. The van der Waals surface area contributed by atoms with Crippen molar-refractivity contribution in [2.24, 2.45) is 0 Å². The zero-order valence-corrected chi connectivity index (χ0v) is 15.1. The fraction of sp³-hybridized carbons (Fsp3) is 0.300. The smallest absolute Gasteiger partial charge is 0.254 e. The highest BCUT2D eigenvalue weighted by molar-refractivity contribution is 8.00. The monoisotopic (exact) mass is 352 g/mol. The molecule has 128 valence electrons. The lowest BCUT2D eigenvalue weighted by Crippen LogP contribution is -2.31. The molecule has 0 saturated carbocycles. The quantitative estimate of drug-likeness (QED) is 0.892. The van der Waals surface area contributed by atoms with Crippen molar-refractivity contribution >= 4 is 29.3 Å². The van der Waals surface area contributed by atoms with Crippen LogP contribution in [0.15, 0.2) is 47.4 Å². The van der Waals surface area contributed by atoms with Crippen LogP contribution in [0.3, 0.4) is 0 Å². The van der Waals surface area contributed by atoms with Crippen molar-refractivity contribution in [3.05, 3.63) is 59.2 Å². The molecule has 2 aromatic rings. The molecule has 0 radical (unpaired) electrons. The fourth-order valence-corrected chi connectivity index (χ4v) is 4.55. The van der Waals surface area contributed by atoms with Crippen LogP contribution in [-0.4, -0.2) is 29.0 Å². The van der Waals surface area contributed by atoms with Crippen LogP contribution >= 0.6 is 11.8 Å². The van der Waals surface area contributed by atoms with E-state index >= 15 is 0 Å². The van der Waals surface area contributed by atoms with Gasteiger partial charge in [0.05, 0.1) is 17.0 Å². The van der Waals surface area contributed by atoms with Gasteiger partial charge in [-0.3, -0.25) is 9.59 Å². The van der Waals surface area contributed by atoms with Crippen LogP contribution in [0.25, 0.3) is 0 Å². The second-order valence-corrected chi connectivity index (χ2v) is 8.01. The number of carbonyl (C=O) groups is 2. The van der Waals surface area contributed by atoms with Gasteiger partial charge in [-0.15, -0.1) is 11.8 Å². The molecule has 0 bridgehead atoms. The van der Waals surface area contributed by atoms with Gasteiger partial charge in [-0.25, -0.2) is 0 Å². The highest BCUT2D eigenvalue weighted by Crippen LogP contribution is 2.38. The number of hydrogen-bond acceptors (Lipinski definition) is 3. The first kappa shape index (κ1) is 16.2. The number of nitrogens with zero attached hydrogens (tertiary/aromatic N) is 1. The fourth-order valence-electron chi connectivity index (χ4n) is 3.62. The Balaban J connectivity index is 1.60. The first-order chi connectivity index (χ1) is 12.0. The van der Waals surface area contributed by atoms with E-state index in [1.807, 2.05) is 43.1 Å². The van der Waals surface area contributed by atoms with Gasteiger partial charge < -0.3 is 10.2 Å². The molecule has 2 aromatic carbocycles. The highest BCUT2D eigenvalue weighted by Gasteiger charge is 2.30. The molecule has 1 N–H and O–H groups in total. The van der Waals surface area contributed by atoms with Crippen molar-refractivity contribution in [1.29, 1.82) is 0 Å². The molecule has 5 heteroatoms. The maximum absolute atomic E-state index is 13.0. The van der Waals surface area contributed by atoms with Gasteiger partial charge in [-0.05, 0) is 49.1 Å². The number of hydrogen-bond donors (Lipinski definition) is 1. The summed E-state index contributed by atoms with van der Waals surface area (Å²) in [6, 6.07) is 14.0. The minimum atomic E-state index is -0.105. The van der Waals surface area contributed by atoms with Gasteiger partial charge in [0.2, 0.25) is 5.91 Å². The molecular formula is C20H20N2O2S. The number of aryl methyl sites for hydroxylation is 1. The Hall–Kier alpha value is -2.27. The maximum atomic E-state index is 13.0. The third kappa shape index (κ3) is 2.82. The number of thioether (sulfide) groups is 1. The minimum absolute atomic E-state index is 0.0117. The van der Waals surface area contributed by atoms with Gasteiger partial charge >= 0.3 is 0 Å². The van der Waals surface area contributed by atoms with Gasteiger partial charge in [0.15, 0.2) is 0 Å². The SMILES string of the molecule is C[C@H]1Sc2ccc(C(=O)N(C)[C@@H]3CCc4ccccc43)cc2NC1=O. The second-order valence-electron chi connectivity index (χ2n) is 6.63. The molecule has 2 aliphatic rings. The van der Waals surface area contributed by atoms with Crippen LogP contribution in [0.2, 0.25) is 0 Å². The van der Waals surface area contributed by atoms with Crippen LogP contribution in [0.4, 0.5) is 5.69 Å². The summed E-state index contributed by atoms with van der Waals surface area (Å²) in [5.74, 6) is -0.0254. The first-order valence-corrected chi connectivity index (χ1v) is 9.39. The number of amides is 2. The molecule has 1 aliphatic carbocycles. The van der Waals surface area contributed by atoms with Crippen LogP contribution < -0.4 is 5.32 Å². The predicted octanol–water partition coefficient (Wildman–Crippen LogP) is 3.88. The third-order valence-corrected chi connectivity index (χ3v) is 6.22. The molecule has 25 heavy (non-hydrogen) atoms. The van der Waals surface area contributed by atoms with Crippen LogP contribution in [0, 0.1) is 0 Å². The largest absolute Gasteiger partial charge is 0.335 e. The normalized spacial score (nSPS) is 21.3. The van der Waals surface area contributed by atoms with E-state index in [1.165, 1.54) is 22.9 Å². The average Bonchev–Trinajstić information content (AvgIpc) is 3.05. The zero-order valence-electron chi connectivity index (χ0n) is 14.3. The summed E-state index contributed by atoms with van der Waals surface area (Å²) in [4.78, 5) is 27.7. The number of rotatable bonds is 2. The molecule has 0 fully saturated rings.